The highest BCUT2D eigenvalue weighted by Crippen LogP contribution is 2.26. The first kappa shape index (κ1) is 21.4. The molecule has 0 spiro atoms. The van der Waals surface area contributed by atoms with Crippen molar-refractivity contribution < 1.29 is 19.7 Å². The first-order chi connectivity index (χ1) is 12.2. The molecule has 0 aromatic heterocycles. The number of aromatic hydroxyl groups is 1. The van der Waals surface area contributed by atoms with E-state index in [0.29, 0.717) is 24.2 Å². The van der Waals surface area contributed by atoms with Gasteiger partial charge in [0.1, 0.15) is 5.75 Å². The van der Waals surface area contributed by atoms with Crippen molar-refractivity contribution in [1.29, 1.82) is 0 Å². The van der Waals surface area contributed by atoms with Crippen LogP contribution in [0.1, 0.15) is 57.1 Å². The number of nitrogens with one attached hydrogen (secondary N) is 2. The van der Waals surface area contributed by atoms with Gasteiger partial charge >= 0.3 is 0 Å². The number of ether oxygens (including phenoxy) is 1. The number of carbonyl (C=O) groups excluding carboxylic acids is 1. The number of benzene rings is 1. The van der Waals surface area contributed by atoms with Crippen LogP contribution < -0.4 is 10.6 Å². The van der Waals surface area contributed by atoms with Gasteiger partial charge in [0.05, 0.1) is 11.8 Å². The summed E-state index contributed by atoms with van der Waals surface area (Å²) in [6, 6.07) is 4.69. The Balaban J connectivity index is 2.10. The van der Waals surface area contributed by atoms with Crippen molar-refractivity contribution in [2.45, 2.75) is 51.6 Å². The van der Waals surface area contributed by atoms with Crippen molar-refractivity contribution in [1.82, 2.24) is 5.32 Å². The van der Waals surface area contributed by atoms with E-state index in [1.165, 1.54) is 12.5 Å². The Bertz CT molecular complexity index is 482. The maximum atomic E-state index is 10.5. The van der Waals surface area contributed by atoms with Crippen LogP contribution in [0.3, 0.4) is 0 Å². The molecule has 0 saturated heterocycles. The lowest BCUT2D eigenvalue weighted by atomic mass is 10.1. The topological polar surface area (TPSA) is 90.8 Å². The standard InChI is InChI=1S/C19H32N2O4/c1-2-3-11-25-12-7-5-4-6-10-20-14-19(24)16-8-9-18(23)17(13-16)21-15-22/h8-9,13,15,19-20,23-24H,2-7,10-12,14H2,1H3,(H,21,22)/t19-/m1/s1. The van der Waals surface area contributed by atoms with Crippen molar-refractivity contribution in [3.05, 3.63) is 23.8 Å². The summed E-state index contributed by atoms with van der Waals surface area (Å²) in [6.45, 7) is 5.17. The predicted octanol–water partition coefficient (Wildman–Crippen LogP) is 2.96. The summed E-state index contributed by atoms with van der Waals surface area (Å²) in [7, 11) is 0. The number of unbranched alkanes of at least 4 members (excludes halogenated alkanes) is 4. The molecule has 0 aliphatic rings. The van der Waals surface area contributed by atoms with Crippen molar-refractivity contribution in [3.8, 4) is 5.75 Å². The zero-order chi connectivity index (χ0) is 18.3. The molecular formula is C19H32N2O4. The minimum atomic E-state index is -0.681. The van der Waals surface area contributed by atoms with Crippen molar-refractivity contribution >= 4 is 12.1 Å². The molecule has 25 heavy (non-hydrogen) atoms. The fourth-order valence-corrected chi connectivity index (χ4v) is 2.45. The van der Waals surface area contributed by atoms with Crippen LogP contribution in [0.25, 0.3) is 0 Å². The Morgan fingerprint density at radius 2 is 1.92 bits per heavy atom. The van der Waals surface area contributed by atoms with Crippen LogP contribution in [-0.2, 0) is 9.53 Å². The van der Waals surface area contributed by atoms with Gasteiger partial charge in [-0.3, -0.25) is 4.79 Å². The number of hydrogen-bond acceptors (Lipinski definition) is 5. The third kappa shape index (κ3) is 9.43. The summed E-state index contributed by atoms with van der Waals surface area (Å²) < 4.78 is 5.52. The van der Waals surface area contributed by atoms with E-state index in [0.717, 1.165) is 51.9 Å². The number of hydrogen-bond donors (Lipinski definition) is 4. The maximum Gasteiger partial charge on any atom is 0.211 e. The molecule has 0 aliphatic heterocycles. The molecule has 0 radical (unpaired) electrons. The van der Waals surface area contributed by atoms with E-state index in [-0.39, 0.29) is 5.75 Å². The minimum Gasteiger partial charge on any atom is -0.506 e. The monoisotopic (exact) mass is 352 g/mol. The number of phenols is 1. The van der Waals surface area contributed by atoms with Gasteiger partial charge in [-0.2, -0.15) is 0 Å². The molecule has 0 unspecified atom stereocenters. The van der Waals surface area contributed by atoms with Gasteiger partial charge in [0, 0.05) is 19.8 Å². The molecule has 1 aromatic rings. The van der Waals surface area contributed by atoms with Gasteiger partial charge in [-0.05, 0) is 43.5 Å². The Kier molecular flexibility index (Phi) is 11.7. The molecule has 1 amide bonds. The summed E-state index contributed by atoms with van der Waals surface area (Å²) in [6.07, 6.45) is 6.61. The first-order valence-electron chi connectivity index (χ1n) is 9.18. The summed E-state index contributed by atoms with van der Waals surface area (Å²) in [5.41, 5.74) is 0.951. The number of aliphatic hydroxyl groups excluding tert-OH is 1. The highest BCUT2D eigenvalue weighted by atomic mass is 16.5. The smallest absolute Gasteiger partial charge is 0.211 e. The van der Waals surface area contributed by atoms with Crippen molar-refractivity contribution in [2.75, 3.05) is 31.6 Å². The molecule has 142 valence electrons. The largest absolute Gasteiger partial charge is 0.506 e. The number of amides is 1. The van der Waals surface area contributed by atoms with E-state index >= 15 is 0 Å². The Morgan fingerprint density at radius 3 is 2.68 bits per heavy atom. The molecule has 0 bridgehead atoms. The summed E-state index contributed by atoms with van der Waals surface area (Å²) >= 11 is 0. The molecule has 0 heterocycles. The van der Waals surface area contributed by atoms with Gasteiger partial charge in [-0.25, -0.2) is 0 Å². The number of carbonyl (C=O) groups is 1. The van der Waals surface area contributed by atoms with Crippen molar-refractivity contribution in [3.63, 3.8) is 0 Å². The normalized spacial score (nSPS) is 12.1. The molecule has 0 aliphatic carbocycles. The number of rotatable bonds is 15. The molecule has 1 aromatic carbocycles. The third-order valence-electron chi connectivity index (χ3n) is 3.99. The summed E-state index contributed by atoms with van der Waals surface area (Å²) in [5.74, 6) is -0.0188. The second-order valence-electron chi connectivity index (χ2n) is 6.14. The van der Waals surface area contributed by atoms with Gasteiger partial charge in [-0.1, -0.05) is 32.3 Å². The zero-order valence-electron chi connectivity index (χ0n) is 15.2. The van der Waals surface area contributed by atoms with Gasteiger partial charge in [0.15, 0.2) is 0 Å². The Hall–Kier alpha value is -1.63. The SMILES string of the molecule is CCCCOCCCCCCNC[C@@H](O)c1ccc(O)c(NC=O)c1. The molecule has 1 atom stereocenters. The third-order valence-corrected chi connectivity index (χ3v) is 3.99. The van der Waals surface area contributed by atoms with Crippen LogP contribution in [0.4, 0.5) is 5.69 Å². The second-order valence-corrected chi connectivity index (χ2v) is 6.14. The van der Waals surface area contributed by atoms with Gasteiger partial charge in [0.25, 0.3) is 0 Å². The summed E-state index contributed by atoms with van der Waals surface area (Å²) in [5, 5.41) is 25.4. The molecule has 4 N–H and O–H groups in total. The molecule has 1 rings (SSSR count). The van der Waals surface area contributed by atoms with E-state index in [2.05, 4.69) is 17.6 Å². The molecule has 0 fully saturated rings. The highest BCUT2D eigenvalue weighted by molar-refractivity contribution is 5.75. The Morgan fingerprint density at radius 1 is 1.16 bits per heavy atom. The van der Waals surface area contributed by atoms with Crippen LogP contribution in [0.5, 0.6) is 5.75 Å². The molecule has 0 saturated carbocycles. The molecule has 6 nitrogen and oxygen atoms in total. The van der Waals surface area contributed by atoms with Crippen LogP contribution in [0, 0.1) is 0 Å². The molecular weight excluding hydrogens is 320 g/mol. The fourth-order valence-electron chi connectivity index (χ4n) is 2.45. The maximum absolute atomic E-state index is 10.5. The van der Waals surface area contributed by atoms with Gasteiger partial charge in [-0.15, -0.1) is 0 Å². The van der Waals surface area contributed by atoms with Crippen LogP contribution in [0.2, 0.25) is 0 Å². The Labute approximate surface area is 150 Å². The van der Waals surface area contributed by atoms with E-state index in [9.17, 15) is 15.0 Å². The van der Waals surface area contributed by atoms with Gasteiger partial charge in [0.2, 0.25) is 6.41 Å². The predicted molar refractivity (Wildman–Crippen MR) is 99.8 cm³/mol. The first-order valence-corrected chi connectivity index (χ1v) is 9.18. The zero-order valence-corrected chi connectivity index (χ0v) is 15.2. The van der Waals surface area contributed by atoms with Gasteiger partial charge < -0.3 is 25.6 Å². The highest BCUT2D eigenvalue weighted by Gasteiger charge is 2.10. The summed E-state index contributed by atoms with van der Waals surface area (Å²) in [4.78, 5) is 10.5. The van der Waals surface area contributed by atoms with Crippen molar-refractivity contribution in [2.24, 2.45) is 0 Å². The number of aliphatic hydroxyl groups is 1. The average molecular weight is 352 g/mol. The van der Waals surface area contributed by atoms with Crippen LogP contribution in [-0.4, -0.2) is 42.9 Å². The lowest BCUT2D eigenvalue weighted by Gasteiger charge is -2.14. The lowest BCUT2D eigenvalue weighted by Crippen LogP contribution is -2.22. The minimum absolute atomic E-state index is 0.0188. The van der Waals surface area contributed by atoms with E-state index in [1.54, 1.807) is 12.1 Å². The van der Waals surface area contributed by atoms with E-state index in [1.807, 2.05) is 0 Å². The fraction of sp³-hybridized carbons (Fsp3) is 0.632. The van der Waals surface area contributed by atoms with E-state index in [4.69, 9.17) is 4.74 Å². The second kappa shape index (κ2) is 13.6. The number of phenolic OH excluding ortho intramolecular Hbond substituents is 1. The lowest BCUT2D eigenvalue weighted by molar-refractivity contribution is -0.105. The van der Waals surface area contributed by atoms with Crippen LogP contribution in [0.15, 0.2) is 18.2 Å². The molecule has 6 heteroatoms. The van der Waals surface area contributed by atoms with E-state index < -0.39 is 6.10 Å². The number of anilines is 1. The van der Waals surface area contributed by atoms with Crippen LogP contribution >= 0.6 is 0 Å². The quantitative estimate of drug-likeness (QED) is 0.221. The average Bonchev–Trinajstić information content (AvgIpc) is 2.61.